The van der Waals surface area contributed by atoms with Crippen molar-refractivity contribution >= 4 is 23.2 Å². The lowest BCUT2D eigenvalue weighted by atomic mass is 9.88. The van der Waals surface area contributed by atoms with Crippen LogP contribution in [0.5, 0.6) is 0 Å². The van der Waals surface area contributed by atoms with Crippen molar-refractivity contribution in [2.45, 2.75) is 57.8 Å². The molecule has 5 N–H and O–H groups in total. The summed E-state index contributed by atoms with van der Waals surface area (Å²) in [5.41, 5.74) is 5.64. The van der Waals surface area contributed by atoms with E-state index in [1.54, 1.807) is 6.08 Å². The molecule has 3 heterocycles. The number of hydrogen-bond donors (Lipinski definition) is 5. The molecule has 2 aromatic rings. The summed E-state index contributed by atoms with van der Waals surface area (Å²) in [5, 5.41) is 24.3. The number of aromatic nitrogens is 1. The fourth-order valence-corrected chi connectivity index (χ4v) is 5.89. The molecule has 9 nitrogen and oxygen atoms in total. The maximum absolute atomic E-state index is 11.0. The molecule has 9 heteroatoms. The van der Waals surface area contributed by atoms with Gasteiger partial charge in [-0.05, 0) is 81.5 Å². The summed E-state index contributed by atoms with van der Waals surface area (Å²) in [7, 11) is 2.17. The second-order valence-corrected chi connectivity index (χ2v) is 11.5. The van der Waals surface area contributed by atoms with Crippen molar-refractivity contribution in [3.8, 4) is 0 Å². The third kappa shape index (κ3) is 6.16. The molecule has 3 aliphatic rings. The summed E-state index contributed by atoms with van der Waals surface area (Å²) < 4.78 is 0. The average molecular weight is 545 g/mol. The third-order valence-corrected chi connectivity index (χ3v) is 8.25. The number of aliphatic hydroxyl groups is 1. The number of aliphatic imine (C=N–C) groups is 1. The molecular formula is C31H44N8O. The molecule has 5 rings (SSSR count). The van der Waals surface area contributed by atoms with Gasteiger partial charge < -0.3 is 30.9 Å². The number of piperazine rings is 1. The summed E-state index contributed by atoms with van der Waals surface area (Å²) in [6.07, 6.45) is 6.05. The largest absolute Gasteiger partial charge is 0.374 e. The first kappa shape index (κ1) is 28.1. The Kier molecular flexibility index (Phi) is 8.44. The van der Waals surface area contributed by atoms with Crippen LogP contribution in [0.2, 0.25) is 0 Å². The Bertz CT molecular complexity index is 1280. The van der Waals surface area contributed by atoms with E-state index in [1.165, 1.54) is 23.2 Å². The first-order valence-electron chi connectivity index (χ1n) is 14.4. The zero-order valence-electron chi connectivity index (χ0n) is 24.3. The lowest BCUT2D eigenvalue weighted by Crippen LogP contribution is -2.50. The number of fused-ring (bicyclic) bond motifs is 1. The van der Waals surface area contributed by atoms with Gasteiger partial charge in [-0.15, -0.1) is 6.58 Å². The summed E-state index contributed by atoms with van der Waals surface area (Å²) in [6.45, 7) is 14.8. The fraction of sp³-hybridized carbons (Fsp3) is 0.484. The van der Waals surface area contributed by atoms with Crippen LogP contribution in [0.4, 0.5) is 17.2 Å². The molecule has 0 amide bonds. The molecule has 3 atom stereocenters. The standard InChI is InChI=1S/C31H44N8O/c1-6-14-32-29(40)25-20-33-30(34-24-11-12-26(22(3)19-24)39-17-15-38(5)16-18-39)37-31(25,4)36-27-13-10-23-9-7-8-21(2)28(23)35-27/h6,10-13,19-21,29,32,40H,1,7-9,14-18H2,2-5H3,(H,35,36)(H2,33,34,37). The second-order valence-electron chi connectivity index (χ2n) is 11.5. The minimum Gasteiger partial charge on any atom is -0.374 e. The first-order valence-corrected chi connectivity index (χ1v) is 14.4. The van der Waals surface area contributed by atoms with Crippen molar-refractivity contribution in [3.63, 3.8) is 0 Å². The Hall–Kier alpha value is -3.40. The Morgan fingerprint density at radius 2 is 2.02 bits per heavy atom. The predicted octanol–water partition coefficient (Wildman–Crippen LogP) is 3.76. The number of likely N-dealkylation sites (N-methyl/N-ethyl adjacent to an activating group) is 1. The van der Waals surface area contributed by atoms with E-state index in [1.807, 2.05) is 19.2 Å². The van der Waals surface area contributed by atoms with Crippen LogP contribution in [-0.2, 0) is 6.42 Å². The molecule has 0 radical (unpaired) electrons. The van der Waals surface area contributed by atoms with Crippen molar-refractivity contribution in [1.29, 1.82) is 0 Å². The number of nitrogens with one attached hydrogen (secondary N) is 4. The van der Waals surface area contributed by atoms with Gasteiger partial charge in [-0.2, -0.15) is 0 Å². The Balaban J connectivity index is 1.38. The molecule has 214 valence electrons. The Labute approximate surface area is 238 Å². The van der Waals surface area contributed by atoms with Gasteiger partial charge in [-0.1, -0.05) is 19.1 Å². The normalized spacial score (nSPS) is 23.8. The summed E-state index contributed by atoms with van der Waals surface area (Å²) >= 11 is 0. The average Bonchev–Trinajstić information content (AvgIpc) is 2.93. The maximum atomic E-state index is 11.0. The maximum Gasteiger partial charge on any atom is 0.202 e. The summed E-state index contributed by atoms with van der Waals surface area (Å²) in [4.78, 5) is 14.8. The van der Waals surface area contributed by atoms with Crippen molar-refractivity contribution in [2.24, 2.45) is 4.99 Å². The second kappa shape index (κ2) is 12.0. The van der Waals surface area contributed by atoms with E-state index < -0.39 is 11.9 Å². The number of aliphatic hydroxyl groups excluding tert-OH is 1. The number of hydrogen-bond acceptors (Lipinski definition) is 9. The Morgan fingerprint density at radius 1 is 1.23 bits per heavy atom. The molecule has 0 bridgehead atoms. The van der Waals surface area contributed by atoms with E-state index >= 15 is 0 Å². The minimum atomic E-state index is -0.949. The zero-order chi connectivity index (χ0) is 28.3. The molecule has 1 saturated heterocycles. The summed E-state index contributed by atoms with van der Waals surface area (Å²) in [5.74, 6) is 1.76. The molecule has 40 heavy (non-hydrogen) atoms. The van der Waals surface area contributed by atoms with Gasteiger partial charge in [0.05, 0.1) is 0 Å². The molecular weight excluding hydrogens is 500 g/mol. The molecule has 1 aromatic carbocycles. The minimum absolute atomic E-state index is 0.430. The van der Waals surface area contributed by atoms with E-state index in [0.29, 0.717) is 24.0 Å². The van der Waals surface area contributed by atoms with Crippen molar-refractivity contribution in [1.82, 2.24) is 20.5 Å². The van der Waals surface area contributed by atoms with E-state index in [9.17, 15) is 5.11 Å². The molecule has 1 aliphatic carbocycles. The molecule has 1 aromatic heterocycles. The molecule has 0 saturated carbocycles. The topological polar surface area (TPSA) is 100 Å². The molecule has 2 aliphatic heterocycles. The number of nitrogens with zero attached hydrogens (tertiary/aromatic N) is 4. The van der Waals surface area contributed by atoms with Crippen LogP contribution in [0, 0.1) is 6.92 Å². The number of rotatable bonds is 8. The van der Waals surface area contributed by atoms with Crippen LogP contribution in [0.3, 0.4) is 0 Å². The van der Waals surface area contributed by atoms with Gasteiger partial charge in [0.1, 0.15) is 12.0 Å². The van der Waals surface area contributed by atoms with Crippen LogP contribution >= 0.6 is 0 Å². The fourth-order valence-electron chi connectivity index (χ4n) is 5.89. The lowest BCUT2D eigenvalue weighted by Gasteiger charge is -2.37. The highest BCUT2D eigenvalue weighted by Gasteiger charge is 2.36. The molecule has 1 fully saturated rings. The predicted molar refractivity (Wildman–Crippen MR) is 165 cm³/mol. The smallest absolute Gasteiger partial charge is 0.202 e. The van der Waals surface area contributed by atoms with Crippen molar-refractivity contribution < 1.29 is 5.11 Å². The van der Waals surface area contributed by atoms with Gasteiger partial charge >= 0.3 is 0 Å². The number of aryl methyl sites for hydroxylation is 2. The van der Waals surface area contributed by atoms with Gasteiger partial charge in [0.25, 0.3) is 0 Å². The third-order valence-electron chi connectivity index (χ3n) is 8.25. The highest BCUT2D eigenvalue weighted by atomic mass is 16.3. The monoisotopic (exact) mass is 544 g/mol. The van der Waals surface area contributed by atoms with Crippen molar-refractivity contribution in [2.75, 3.05) is 55.3 Å². The van der Waals surface area contributed by atoms with Crippen LogP contribution in [0.25, 0.3) is 0 Å². The van der Waals surface area contributed by atoms with Crippen LogP contribution in [0.15, 0.2) is 59.8 Å². The van der Waals surface area contributed by atoms with Crippen LogP contribution in [0.1, 0.15) is 49.4 Å². The van der Waals surface area contributed by atoms with Gasteiger partial charge in [-0.25, -0.2) is 9.98 Å². The van der Waals surface area contributed by atoms with Gasteiger partial charge in [-0.3, -0.25) is 5.32 Å². The van der Waals surface area contributed by atoms with Crippen LogP contribution in [-0.4, -0.2) is 72.6 Å². The first-order chi connectivity index (χ1) is 19.3. The number of benzene rings is 1. The lowest BCUT2D eigenvalue weighted by molar-refractivity contribution is 0.163. The highest BCUT2D eigenvalue weighted by Crippen LogP contribution is 2.33. The number of guanidine groups is 1. The molecule has 0 spiro atoms. The van der Waals surface area contributed by atoms with E-state index in [4.69, 9.17) is 9.98 Å². The van der Waals surface area contributed by atoms with Gasteiger partial charge in [0.2, 0.25) is 5.96 Å². The number of pyridine rings is 1. The van der Waals surface area contributed by atoms with E-state index in [-0.39, 0.29) is 0 Å². The SMILES string of the molecule is C=CCNC(O)C1=CNC(Nc2ccc(N3CCN(C)CC3)c(C)c2)=NC1(C)Nc1ccc2c(n1)C(C)CCC2. The highest BCUT2D eigenvalue weighted by molar-refractivity contribution is 5.96. The van der Waals surface area contributed by atoms with Gasteiger partial charge in [0, 0.05) is 61.6 Å². The summed E-state index contributed by atoms with van der Waals surface area (Å²) in [6, 6.07) is 10.6. The van der Waals surface area contributed by atoms with E-state index in [2.05, 4.69) is 82.8 Å². The molecule has 3 unspecified atom stereocenters. The van der Waals surface area contributed by atoms with Gasteiger partial charge in [0.15, 0.2) is 5.66 Å². The number of anilines is 3. The van der Waals surface area contributed by atoms with Crippen molar-refractivity contribution in [3.05, 3.63) is 71.6 Å². The quantitative estimate of drug-likeness (QED) is 0.253. The van der Waals surface area contributed by atoms with E-state index in [0.717, 1.165) is 56.2 Å². The van der Waals surface area contributed by atoms with Crippen LogP contribution < -0.4 is 26.2 Å². The zero-order valence-corrected chi connectivity index (χ0v) is 24.3. The Morgan fingerprint density at radius 3 is 2.77 bits per heavy atom.